The Bertz CT molecular complexity index is 1030. The Kier molecular flexibility index (Phi) is 3.99. The average Bonchev–Trinajstić information content (AvgIpc) is 3.04. The Balaban J connectivity index is 1.70. The third-order valence-corrected chi connectivity index (χ3v) is 4.04. The van der Waals surface area contributed by atoms with Gasteiger partial charge in [0.05, 0.1) is 12.1 Å². The number of aromatic nitrogens is 5. The van der Waals surface area contributed by atoms with Crippen molar-refractivity contribution in [1.29, 1.82) is 0 Å². The molecule has 0 aliphatic carbocycles. The first-order chi connectivity index (χ1) is 12.2. The lowest BCUT2D eigenvalue weighted by Crippen LogP contribution is -2.22. The maximum atomic E-state index is 5.12. The van der Waals surface area contributed by atoms with E-state index >= 15 is 0 Å². The molecule has 4 rings (SSSR count). The van der Waals surface area contributed by atoms with Crippen LogP contribution in [0.3, 0.4) is 0 Å². The van der Waals surface area contributed by atoms with Crippen LogP contribution >= 0.6 is 0 Å². The summed E-state index contributed by atoms with van der Waals surface area (Å²) in [5.74, 6) is 0.581. The number of rotatable bonds is 5. The van der Waals surface area contributed by atoms with Crippen molar-refractivity contribution in [2.75, 3.05) is 19.0 Å². The predicted molar refractivity (Wildman–Crippen MR) is 97.4 cm³/mol. The van der Waals surface area contributed by atoms with Crippen molar-refractivity contribution >= 4 is 27.9 Å². The molecule has 0 saturated carbocycles. The van der Waals surface area contributed by atoms with E-state index in [9.17, 15) is 0 Å². The van der Waals surface area contributed by atoms with Crippen molar-refractivity contribution in [3.63, 3.8) is 0 Å². The molecule has 1 aromatic carbocycles. The monoisotopic (exact) mass is 334 g/mol. The van der Waals surface area contributed by atoms with Crippen molar-refractivity contribution in [1.82, 2.24) is 24.9 Å². The van der Waals surface area contributed by atoms with Crippen molar-refractivity contribution in [3.8, 4) is 11.1 Å². The molecule has 2 N–H and O–H groups in total. The van der Waals surface area contributed by atoms with E-state index in [1.165, 1.54) is 0 Å². The van der Waals surface area contributed by atoms with Crippen molar-refractivity contribution in [2.24, 2.45) is 0 Å². The summed E-state index contributed by atoms with van der Waals surface area (Å²) in [7, 11) is 1.67. The molecule has 7 nitrogen and oxygen atoms in total. The third kappa shape index (κ3) is 3.01. The van der Waals surface area contributed by atoms with Crippen LogP contribution in [-0.4, -0.2) is 44.7 Å². The van der Waals surface area contributed by atoms with Crippen LogP contribution in [0.2, 0.25) is 0 Å². The number of aromatic amines is 1. The minimum Gasteiger partial charge on any atom is -0.383 e. The molecular formula is C18H18N6O. The fourth-order valence-electron chi connectivity index (χ4n) is 2.88. The second kappa shape index (κ2) is 6.45. The molecule has 126 valence electrons. The molecule has 25 heavy (non-hydrogen) atoms. The highest BCUT2D eigenvalue weighted by molar-refractivity contribution is 5.96. The summed E-state index contributed by atoms with van der Waals surface area (Å²) < 4.78 is 5.12. The van der Waals surface area contributed by atoms with Gasteiger partial charge in [0.15, 0.2) is 0 Å². The largest absolute Gasteiger partial charge is 0.383 e. The highest BCUT2D eigenvalue weighted by Gasteiger charge is 2.11. The number of benzene rings is 1. The second-order valence-corrected chi connectivity index (χ2v) is 5.96. The maximum Gasteiger partial charge on any atom is 0.224 e. The fourth-order valence-corrected chi connectivity index (χ4v) is 2.88. The van der Waals surface area contributed by atoms with Gasteiger partial charge in [-0.1, -0.05) is 6.07 Å². The number of fused-ring (bicyclic) bond motifs is 2. The van der Waals surface area contributed by atoms with Crippen molar-refractivity contribution in [2.45, 2.75) is 13.0 Å². The van der Waals surface area contributed by atoms with Gasteiger partial charge in [-0.25, -0.2) is 15.0 Å². The van der Waals surface area contributed by atoms with E-state index in [0.717, 1.165) is 33.1 Å². The molecule has 3 aromatic heterocycles. The second-order valence-electron chi connectivity index (χ2n) is 5.96. The van der Waals surface area contributed by atoms with E-state index in [1.54, 1.807) is 13.4 Å². The first-order valence-corrected chi connectivity index (χ1v) is 8.04. The molecule has 7 heteroatoms. The van der Waals surface area contributed by atoms with Gasteiger partial charge in [-0.05, 0) is 24.6 Å². The third-order valence-electron chi connectivity index (χ3n) is 4.04. The quantitative estimate of drug-likeness (QED) is 0.583. The molecule has 0 fully saturated rings. The molecule has 0 saturated heterocycles. The molecule has 3 heterocycles. The number of anilines is 1. The molecule has 0 radical (unpaired) electrons. The van der Waals surface area contributed by atoms with Crippen LogP contribution in [0.5, 0.6) is 0 Å². The van der Waals surface area contributed by atoms with Crippen LogP contribution in [0, 0.1) is 0 Å². The summed E-state index contributed by atoms with van der Waals surface area (Å²) in [6.45, 7) is 2.62. The first-order valence-electron chi connectivity index (χ1n) is 8.04. The lowest BCUT2D eigenvalue weighted by molar-refractivity contribution is 0.190. The summed E-state index contributed by atoms with van der Waals surface area (Å²) >= 11 is 0. The number of hydrogen-bond acceptors (Lipinski definition) is 6. The summed E-state index contributed by atoms with van der Waals surface area (Å²) in [6, 6.07) is 6.25. The van der Waals surface area contributed by atoms with E-state index in [2.05, 4.69) is 36.3 Å². The Labute approximate surface area is 144 Å². The maximum absolute atomic E-state index is 5.12. The molecular weight excluding hydrogens is 316 g/mol. The van der Waals surface area contributed by atoms with Crippen LogP contribution in [0.4, 0.5) is 5.95 Å². The molecule has 0 aliphatic heterocycles. The number of ether oxygens (including phenoxy) is 1. The Morgan fingerprint density at radius 1 is 1.24 bits per heavy atom. The zero-order chi connectivity index (χ0) is 17.2. The molecule has 0 amide bonds. The summed E-state index contributed by atoms with van der Waals surface area (Å²) in [5.41, 5.74) is 3.85. The van der Waals surface area contributed by atoms with E-state index in [4.69, 9.17) is 4.74 Å². The SMILES string of the molecule is COCC(C)Nc1ncc2c(-c3ccc4ncncc4c3)c[nH]c2n1. The average molecular weight is 334 g/mol. The Morgan fingerprint density at radius 2 is 2.16 bits per heavy atom. The van der Waals surface area contributed by atoms with E-state index in [-0.39, 0.29) is 6.04 Å². The molecule has 0 bridgehead atoms. The minimum absolute atomic E-state index is 0.136. The molecule has 1 atom stereocenters. The lowest BCUT2D eigenvalue weighted by atomic mass is 10.0. The summed E-state index contributed by atoms with van der Waals surface area (Å²) in [6.07, 6.45) is 7.16. The van der Waals surface area contributed by atoms with Crippen molar-refractivity contribution in [3.05, 3.63) is 43.1 Å². The highest BCUT2D eigenvalue weighted by Crippen LogP contribution is 2.29. The number of nitrogens with zero attached hydrogens (tertiary/aromatic N) is 4. The molecule has 1 unspecified atom stereocenters. The van der Waals surface area contributed by atoms with Crippen LogP contribution in [0.15, 0.2) is 43.1 Å². The van der Waals surface area contributed by atoms with Crippen LogP contribution in [-0.2, 0) is 4.74 Å². The Hall–Kier alpha value is -3.06. The standard InChI is InChI=1S/C18H18N6O/c1-11(9-25-2)23-18-21-8-15-14(7-20-17(15)24-18)12-3-4-16-13(5-12)6-19-10-22-16/h3-8,10-11H,9H2,1-2H3,(H2,20,21,23,24). The fraction of sp³-hybridized carbons (Fsp3) is 0.222. The van der Waals surface area contributed by atoms with Gasteiger partial charge in [-0.3, -0.25) is 0 Å². The molecule has 0 spiro atoms. The van der Waals surface area contributed by atoms with Crippen LogP contribution < -0.4 is 5.32 Å². The van der Waals surface area contributed by atoms with Gasteiger partial charge in [0, 0.05) is 48.1 Å². The number of nitrogens with one attached hydrogen (secondary N) is 2. The van der Waals surface area contributed by atoms with Crippen LogP contribution in [0.1, 0.15) is 6.92 Å². The predicted octanol–water partition coefficient (Wildman–Crippen LogP) is 3.01. The van der Waals surface area contributed by atoms with Gasteiger partial charge >= 0.3 is 0 Å². The summed E-state index contributed by atoms with van der Waals surface area (Å²) in [5, 5.41) is 5.20. The zero-order valence-electron chi connectivity index (χ0n) is 14.0. The van der Waals surface area contributed by atoms with E-state index in [1.807, 2.05) is 37.6 Å². The molecule has 4 aromatic rings. The number of hydrogen-bond donors (Lipinski definition) is 2. The highest BCUT2D eigenvalue weighted by atomic mass is 16.5. The molecule has 0 aliphatic rings. The lowest BCUT2D eigenvalue weighted by Gasteiger charge is -2.12. The van der Waals surface area contributed by atoms with Gasteiger partial charge in [0.25, 0.3) is 0 Å². The first kappa shape index (κ1) is 15.5. The zero-order valence-corrected chi connectivity index (χ0v) is 14.0. The van der Waals surface area contributed by atoms with Gasteiger partial charge < -0.3 is 15.0 Å². The normalized spacial score (nSPS) is 12.6. The smallest absolute Gasteiger partial charge is 0.224 e. The topological polar surface area (TPSA) is 88.6 Å². The van der Waals surface area contributed by atoms with E-state index in [0.29, 0.717) is 12.6 Å². The van der Waals surface area contributed by atoms with Crippen LogP contribution in [0.25, 0.3) is 33.1 Å². The van der Waals surface area contributed by atoms with Crippen molar-refractivity contribution < 1.29 is 4.74 Å². The van der Waals surface area contributed by atoms with E-state index < -0.39 is 0 Å². The number of H-pyrrole nitrogens is 1. The van der Waals surface area contributed by atoms with Gasteiger partial charge in [0.1, 0.15) is 12.0 Å². The minimum atomic E-state index is 0.136. The van der Waals surface area contributed by atoms with Gasteiger partial charge in [-0.2, -0.15) is 4.98 Å². The number of methoxy groups -OCH3 is 1. The Morgan fingerprint density at radius 3 is 3.04 bits per heavy atom. The van der Waals surface area contributed by atoms with Gasteiger partial charge in [0.2, 0.25) is 5.95 Å². The summed E-state index contributed by atoms with van der Waals surface area (Å²) in [4.78, 5) is 20.5. The van der Waals surface area contributed by atoms with Gasteiger partial charge in [-0.15, -0.1) is 0 Å².